The second-order valence-electron chi connectivity index (χ2n) is 6.67. The van der Waals surface area contributed by atoms with Crippen LogP contribution in [0.5, 0.6) is 0 Å². The monoisotopic (exact) mass is 384 g/mol. The number of aromatic nitrogens is 3. The number of rotatable bonds is 3. The van der Waals surface area contributed by atoms with Crippen molar-refractivity contribution in [2.24, 2.45) is 0 Å². The molecule has 0 atom stereocenters. The molecule has 1 aliphatic carbocycles. The zero-order chi connectivity index (χ0) is 19.1. The smallest absolute Gasteiger partial charge is 0.267 e. The van der Waals surface area contributed by atoms with Gasteiger partial charge < -0.3 is 5.32 Å². The van der Waals surface area contributed by atoms with Crippen LogP contribution in [0.2, 0.25) is 0 Å². The molecular weight excluding hydrogens is 368 g/mol. The number of carbonyl (C=O) groups is 1. The number of amides is 1. The number of anilines is 1. The molecule has 6 heteroatoms. The van der Waals surface area contributed by atoms with E-state index >= 15 is 0 Å². The van der Waals surface area contributed by atoms with Crippen molar-refractivity contribution in [2.75, 3.05) is 5.32 Å². The molecule has 136 valence electrons. The van der Waals surface area contributed by atoms with Crippen molar-refractivity contribution in [2.45, 2.75) is 13.3 Å². The maximum atomic E-state index is 12.8. The van der Waals surface area contributed by atoms with Gasteiger partial charge in [-0.2, -0.15) is 0 Å². The molecule has 5 rings (SSSR count). The van der Waals surface area contributed by atoms with E-state index in [2.05, 4.69) is 56.7 Å². The second kappa shape index (κ2) is 6.65. The number of aryl methyl sites for hydroxylation is 1. The summed E-state index contributed by atoms with van der Waals surface area (Å²) in [7, 11) is 0. The minimum absolute atomic E-state index is 0.160. The third kappa shape index (κ3) is 2.88. The molecule has 0 aliphatic heterocycles. The second-order valence-corrected chi connectivity index (χ2v) is 7.66. The molecule has 4 aromatic rings. The van der Waals surface area contributed by atoms with Crippen molar-refractivity contribution in [3.05, 3.63) is 82.6 Å². The molecule has 2 aromatic carbocycles. The highest BCUT2D eigenvalue weighted by Crippen LogP contribution is 2.37. The van der Waals surface area contributed by atoms with Gasteiger partial charge in [0.25, 0.3) is 5.91 Å². The molecule has 0 radical (unpaired) electrons. The van der Waals surface area contributed by atoms with Gasteiger partial charge in [-0.15, -0.1) is 11.3 Å². The molecule has 1 amide bonds. The van der Waals surface area contributed by atoms with Gasteiger partial charge in [0.15, 0.2) is 10.8 Å². The molecule has 1 aliphatic rings. The summed E-state index contributed by atoms with van der Waals surface area (Å²) < 4.78 is 0. The molecule has 5 nitrogen and oxygen atoms in total. The Morgan fingerprint density at radius 1 is 1.00 bits per heavy atom. The lowest BCUT2D eigenvalue weighted by Gasteiger charge is -2.07. The molecule has 0 spiro atoms. The van der Waals surface area contributed by atoms with E-state index in [1.165, 1.54) is 33.6 Å². The quantitative estimate of drug-likeness (QED) is 0.488. The Morgan fingerprint density at radius 2 is 1.79 bits per heavy atom. The van der Waals surface area contributed by atoms with E-state index < -0.39 is 0 Å². The number of hydrogen-bond donors (Lipinski definition) is 1. The Hall–Kier alpha value is -3.38. The van der Waals surface area contributed by atoms with E-state index in [1.807, 2.05) is 13.0 Å². The van der Waals surface area contributed by atoms with Crippen molar-refractivity contribution in [3.63, 3.8) is 0 Å². The van der Waals surface area contributed by atoms with Crippen LogP contribution in [-0.4, -0.2) is 20.9 Å². The highest BCUT2D eigenvalue weighted by Gasteiger charge is 2.20. The van der Waals surface area contributed by atoms with Crippen LogP contribution in [-0.2, 0) is 6.42 Å². The third-order valence-electron chi connectivity index (χ3n) is 4.81. The zero-order valence-corrected chi connectivity index (χ0v) is 16.0. The van der Waals surface area contributed by atoms with E-state index in [0.717, 1.165) is 12.1 Å². The van der Waals surface area contributed by atoms with Gasteiger partial charge in [-0.25, -0.2) is 15.0 Å². The number of nitrogens with zero attached hydrogens (tertiary/aromatic N) is 3. The SMILES string of the molecule is Cc1nc(-c2ncccn2)sc1C(=O)Nc1ccc2c(c1)Cc1ccccc1-2. The van der Waals surface area contributed by atoms with Crippen molar-refractivity contribution >= 4 is 22.9 Å². The molecule has 0 saturated carbocycles. The molecule has 0 unspecified atom stereocenters. The van der Waals surface area contributed by atoms with Crippen LogP contribution in [0, 0.1) is 6.92 Å². The summed E-state index contributed by atoms with van der Waals surface area (Å²) in [5.74, 6) is 0.373. The first-order chi connectivity index (χ1) is 13.7. The van der Waals surface area contributed by atoms with Crippen LogP contribution in [0.25, 0.3) is 22.0 Å². The number of fused-ring (bicyclic) bond motifs is 3. The first kappa shape index (κ1) is 16.8. The van der Waals surface area contributed by atoms with Crippen molar-refractivity contribution in [1.29, 1.82) is 0 Å². The number of carbonyl (C=O) groups excluding carboxylic acids is 1. The normalized spacial score (nSPS) is 11.8. The van der Waals surface area contributed by atoms with Crippen LogP contribution < -0.4 is 5.32 Å². The van der Waals surface area contributed by atoms with Crippen molar-refractivity contribution in [1.82, 2.24) is 15.0 Å². The molecule has 2 heterocycles. The number of nitrogens with one attached hydrogen (secondary N) is 1. The lowest BCUT2D eigenvalue weighted by molar-refractivity contribution is 0.103. The summed E-state index contributed by atoms with van der Waals surface area (Å²) in [6.45, 7) is 1.83. The average molecular weight is 384 g/mol. The maximum Gasteiger partial charge on any atom is 0.267 e. The van der Waals surface area contributed by atoms with Crippen LogP contribution in [0.3, 0.4) is 0 Å². The summed E-state index contributed by atoms with van der Waals surface area (Å²) in [5, 5.41) is 3.66. The van der Waals surface area contributed by atoms with E-state index in [0.29, 0.717) is 21.4 Å². The van der Waals surface area contributed by atoms with Gasteiger partial charge in [0.2, 0.25) is 0 Å². The Labute approximate surface area is 166 Å². The number of hydrogen-bond acceptors (Lipinski definition) is 5. The van der Waals surface area contributed by atoms with Gasteiger partial charge in [-0.05, 0) is 53.8 Å². The van der Waals surface area contributed by atoms with Crippen molar-refractivity contribution < 1.29 is 4.79 Å². The van der Waals surface area contributed by atoms with E-state index in [1.54, 1.807) is 18.5 Å². The lowest BCUT2D eigenvalue weighted by atomic mass is 10.1. The van der Waals surface area contributed by atoms with Gasteiger partial charge >= 0.3 is 0 Å². The molecule has 28 heavy (non-hydrogen) atoms. The summed E-state index contributed by atoms with van der Waals surface area (Å²) in [6, 6.07) is 16.3. The van der Waals surface area contributed by atoms with E-state index in [9.17, 15) is 4.79 Å². The minimum atomic E-state index is -0.160. The van der Waals surface area contributed by atoms with Gasteiger partial charge in [0.05, 0.1) is 5.69 Å². The maximum absolute atomic E-state index is 12.8. The highest BCUT2D eigenvalue weighted by atomic mass is 32.1. The van der Waals surface area contributed by atoms with Gasteiger partial charge in [-0.3, -0.25) is 4.79 Å². The molecule has 0 fully saturated rings. The largest absolute Gasteiger partial charge is 0.321 e. The lowest BCUT2D eigenvalue weighted by Crippen LogP contribution is -2.11. The molecular formula is C22H16N4OS. The first-order valence-corrected chi connectivity index (χ1v) is 9.78. The minimum Gasteiger partial charge on any atom is -0.321 e. The Bertz CT molecular complexity index is 1200. The first-order valence-electron chi connectivity index (χ1n) is 8.96. The summed E-state index contributed by atoms with van der Waals surface area (Å²) in [4.78, 5) is 26.3. The van der Waals surface area contributed by atoms with Gasteiger partial charge in [0.1, 0.15) is 4.88 Å². The van der Waals surface area contributed by atoms with Crippen molar-refractivity contribution in [3.8, 4) is 22.0 Å². The molecule has 0 saturated heterocycles. The van der Waals surface area contributed by atoms with Crippen LogP contribution in [0.15, 0.2) is 60.9 Å². The number of benzene rings is 2. The Kier molecular flexibility index (Phi) is 3.98. The number of thiazole rings is 1. The molecule has 0 bridgehead atoms. The fourth-order valence-corrected chi connectivity index (χ4v) is 4.43. The third-order valence-corrected chi connectivity index (χ3v) is 5.96. The fraction of sp³-hybridized carbons (Fsp3) is 0.0909. The fourth-order valence-electron chi connectivity index (χ4n) is 3.52. The topological polar surface area (TPSA) is 67.8 Å². The van der Waals surface area contributed by atoms with Gasteiger partial charge in [-0.1, -0.05) is 30.3 Å². The van der Waals surface area contributed by atoms with Crippen LogP contribution in [0.1, 0.15) is 26.5 Å². The predicted octanol–water partition coefficient (Wildman–Crippen LogP) is 4.73. The summed E-state index contributed by atoms with van der Waals surface area (Å²) in [5.41, 5.74) is 6.55. The molecule has 2 aromatic heterocycles. The average Bonchev–Trinajstić information content (AvgIpc) is 3.28. The Balaban J connectivity index is 1.40. The predicted molar refractivity (Wildman–Crippen MR) is 111 cm³/mol. The Morgan fingerprint density at radius 3 is 2.64 bits per heavy atom. The molecule has 1 N–H and O–H groups in total. The summed E-state index contributed by atoms with van der Waals surface area (Å²) >= 11 is 1.31. The highest BCUT2D eigenvalue weighted by molar-refractivity contribution is 7.17. The summed E-state index contributed by atoms with van der Waals surface area (Å²) in [6.07, 6.45) is 4.23. The zero-order valence-electron chi connectivity index (χ0n) is 15.1. The van der Waals surface area contributed by atoms with Crippen LogP contribution in [0.4, 0.5) is 5.69 Å². The van der Waals surface area contributed by atoms with E-state index in [-0.39, 0.29) is 5.91 Å². The van der Waals surface area contributed by atoms with E-state index in [4.69, 9.17) is 0 Å². The van der Waals surface area contributed by atoms with Crippen LogP contribution >= 0.6 is 11.3 Å². The standard InChI is InChI=1S/C22H16N4OS/c1-13-19(28-22(25-13)20-23-9-4-10-24-20)21(27)26-16-7-8-18-15(12-16)11-14-5-2-3-6-17(14)18/h2-10,12H,11H2,1H3,(H,26,27). The van der Waals surface area contributed by atoms with Gasteiger partial charge in [0, 0.05) is 18.1 Å².